The number of carbonyl (C=O) groups is 1. The Labute approximate surface area is 99.8 Å². The zero-order valence-electron chi connectivity index (χ0n) is 9.03. The maximum atomic E-state index is 11.8. The van der Waals surface area contributed by atoms with Gasteiger partial charge in [0.2, 0.25) is 0 Å². The second-order valence-corrected chi connectivity index (χ2v) is 3.43. The maximum absolute atomic E-state index is 11.8. The summed E-state index contributed by atoms with van der Waals surface area (Å²) in [4.78, 5) is 20.3. The molecule has 1 aromatic carbocycles. The Hall–Kier alpha value is -2.12. The van der Waals surface area contributed by atoms with Crippen LogP contribution in [0.5, 0.6) is 0 Å². The van der Waals surface area contributed by atoms with Crippen molar-refractivity contribution in [1.29, 1.82) is 0 Å². The number of nitro groups is 1. The number of hydrogen-bond acceptors (Lipinski definition) is 3. The van der Waals surface area contributed by atoms with Crippen molar-refractivity contribution in [2.45, 2.75) is 12.6 Å². The molecular formula is C10H9F3N2O3. The Morgan fingerprint density at radius 2 is 2.06 bits per heavy atom. The van der Waals surface area contributed by atoms with E-state index in [0.717, 1.165) is 0 Å². The van der Waals surface area contributed by atoms with Gasteiger partial charge >= 0.3 is 12.1 Å². The highest BCUT2D eigenvalue weighted by molar-refractivity contribution is 5.81. The van der Waals surface area contributed by atoms with Crippen LogP contribution >= 0.6 is 0 Å². The van der Waals surface area contributed by atoms with E-state index >= 15 is 0 Å². The van der Waals surface area contributed by atoms with Crippen molar-refractivity contribution in [2.24, 2.45) is 0 Å². The first kappa shape index (κ1) is 13.9. The number of halogens is 3. The van der Waals surface area contributed by atoms with Crippen molar-refractivity contribution in [2.75, 3.05) is 6.54 Å². The molecule has 0 saturated carbocycles. The fourth-order valence-electron chi connectivity index (χ4n) is 1.25. The van der Waals surface area contributed by atoms with Crippen LogP contribution in [0.15, 0.2) is 24.3 Å². The highest BCUT2D eigenvalue weighted by atomic mass is 19.4. The summed E-state index contributed by atoms with van der Waals surface area (Å²) >= 11 is 0. The molecule has 0 bridgehead atoms. The molecule has 1 rings (SSSR count). The number of nitrogens with one attached hydrogen (secondary N) is 1. The van der Waals surface area contributed by atoms with Crippen LogP contribution in [0.4, 0.5) is 18.9 Å². The van der Waals surface area contributed by atoms with Crippen LogP contribution in [0.2, 0.25) is 0 Å². The van der Waals surface area contributed by atoms with Gasteiger partial charge in [-0.1, -0.05) is 12.1 Å². The fourth-order valence-corrected chi connectivity index (χ4v) is 1.25. The summed E-state index contributed by atoms with van der Waals surface area (Å²) in [6.45, 7) is -0.237. The Morgan fingerprint density at radius 1 is 1.39 bits per heavy atom. The second-order valence-electron chi connectivity index (χ2n) is 3.43. The van der Waals surface area contributed by atoms with Crippen molar-refractivity contribution in [3.05, 3.63) is 39.9 Å². The van der Waals surface area contributed by atoms with E-state index in [1.54, 1.807) is 5.32 Å². The second kappa shape index (κ2) is 5.48. The van der Waals surface area contributed by atoms with Crippen molar-refractivity contribution in [1.82, 2.24) is 5.32 Å². The van der Waals surface area contributed by atoms with Gasteiger partial charge in [0.15, 0.2) is 0 Å². The number of nitrogens with zero attached hydrogens (tertiary/aromatic N) is 1. The van der Waals surface area contributed by atoms with Gasteiger partial charge in [-0.2, -0.15) is 13.2 Å². The first-order chi connectivity index (χ1) is 8.30. The van der Waals surface area contributed by atoms with E-state index in [-0.39, 0.29) is 18.7 Å². The zero-order chi connectivity index (χ0) is 13.8. The molecule has 0 aliphatic rings. The summed E-state index contributed by atoms with van der Waals surface area (Å²) in [5.74, 6) is -2.02. The summed E-state index contributed by atoms with van der Waals surface area (Å²) in [7, 11) is 0. The van der Waals surface area contributed by atoms with Crippen molar-refractivity contribution < 1.29 is 22.9 Å². The number of non-ortho nitro benzene ring substituents is 1. The molecule has 0 aromatic heterocycles. The minimum absolute atomic E-state index is 0.0868. The molecule has 0 unspecified atom stereocenters. The Kier molecular flexibility index (Phi) is 4.24. The Balaban J connectivity index is 2.52. The molecule has 0 atom stereocenters. The Bertz CT molecular complexity index is 460. The third kappa shape index (κ3) is 4.04. The van der Waals surface area contributed by atoms with Crippen molar-refractivity contribution in [3.63, 3.8) is 0 Å². The molecule has 1 amide bonds. The van der Waals surface area contributed by atoms with Crippen LogP contribution in [0, 0.1) is 10.1 Å². The van der Waals surface area contributed by atoms with E-state index in [9.17, 15) is 28.1 Å². The van der Waals surface area contributed by atoms with Crippen LogP contribution in [-0.2, 0) is 11.2 Å². The molecule has 98 valence electrons. The summed E-state index contributed by atoms with van der Waals surface area (Å²) in [6.07, 6.45) is -4.83. The minimum Gasteiger partial charge on any atom is -0.348 e. The van der Waals surface area contributed by atoms with Crippen molar-refractivity contribution >= 4 is 11.6 Å². The normalized spacial score (nSPS) is 11.1. The van der Waals surface area contributed by atoms with E-state index in [4.69, 9.17) is 0 Å². The highest BCUT2D eigenvalue weighted by Gasteiger charge is 2.38. The van der Waals surface area contributed by atoms with Crippen molar-refractivity contribution in [3.8, 4) is 0 Å². The van der Waals surface area contributed by atoms with Crippen LogP contribution in [0.3, 0.4) is 0 Å². The van der Waals surface area contributed by atoms with Gasteiger partial charge in [-0.3, -0.25) is 14.9 Å². The monoisotopic (exact) mass is 262 g/mol. The summed E-state index contributed by atoms with van der Waals surface area (Å²) < 4.78 is 35.5. The van der Waals surface area contributed by atoms with Gasteiger partial charge in [-0.15, -0.1) is 0 Å². The summed E-state index contributed by atoms with van der Waals surface area (Å²) in [5, 5.41) is 12.1. The van der Waals surface area contributed by atoms with Crippen LogP contribution in [0.25, 0.3) is 0 Å². The van der Waals surface area contributed by atoms with Gasteiger partial charge in [0.25, 0.3) is 5.69 Å². The molecular weight excluding hydrogens is 253 g/mol. The molecule has 0 radical (unpaired) electrons. The number of carbonyl (C=O) groups excluding carboxylic acids is 1. The van der Waals surface area contributed by atoms with Crippen LogP contribution in [-0.4, -0.2) is 23.6 Å². The number of nitro benzene ring substituents is 1. The van der Waals surface area contributed by atoms with Gasteiger partial charge in [-0.25, -0.2) is 0 Å². The number of amides is 1. The molecule has 1 N–H and O–H groups in total. The molecule has 0 aliphatic carbocycles. The molecule has 0 spiro atoms. The third-order valence-corrected chi connectivity index (χ3v) is 2.08. The lowest BCUT2D eigenvalue weighted by atomic mass is 10.1. The number of alkyl halides is 3. The molecule has 0 fully saturated rings. The van der Waals surface area contributed by atoms with E-state index < -0.39 is 17.0 Å². The average molecular weight is 262 g/mol. The smallest absolute Gasteiger partial charge is 0.348 e. The van der Waals surface area contributed by atoms with E-state index in [2.05, 4.69) is 0 Å². The predicted molar refractivity (Wildman–Crippen MR) is 55.9 cm³/mol. The van der Waals surface area contributed by atoms with Gasteiger partial charge in [0.05, 0.1) is 4.92 Å². The molecule has 1 aromatic rings. The highest BCUT2D eigenvalue weighted by Crippen LogP contribution is 2.15. The molecule has 18 heavy (non-hydrogen) atoms. The number of benzene rings is 1. The van der Waals surface area contributed by atoms with E-state index in [1.165, 1.54) is 24.3 Å². The number of rotatable bonds is 4. The quantitative estimate of drug-likeness (QED) is 0.664. The Morgan fingerprint density at radius 3 is 2.61 bits per heavy atom. The van der Waals surface area contributed by atoms with Crippen LogP contribution in [0.1, 0.15) is 5.56 Å². The van der Waals surface area contributed by atoms with Crippen LogP contribution < -0.4 is 5.32 Å². The van der Waals surface area contributed by atoms with Gasteiger partial charge in [0.1, 0.15) is 0 Å². The molecule has 5 nitrogen and oxygen atoms in total. The van der Waals surface area contributed by atoms with E-state index in [0.29, 0.717) is 5.56 Å². The average Bonchev–Trinajstić information content (AvgIpc) is 2.28. The minimum atomic E-state index is -4.91. The molecule has 0 saturated heterocycles. The predicted octanol–water partition coefficient (Wildman–Crippen LogP) is 1.82. The van der Waals surface area contributed by atoms with Gasteiger partial charge in [-0.05, 0) is 12.0 Å². The number of hydrogen-bond donors (Lipinski definition) is 1. The first-order valence-corrected chi connectivity index (χ1v) is 4.89. The summed E-state index contributed by atoms with van der Waals surface area (Å²) in [6, 6.07) is 5.49. The largest absolute Gasteiger partial charge is 0.471 e. The third-order valence-electron chi connectivity index (χ3n) is 2.08. The van der Waals surface area contributed by atoms with E-state index in [1.807, 2.05) is 0 Å². The first-order valence-electron chi connectivity index (χ1n) is 4.89. The lowest BCUT2D eigenvalue weighted by molar-refractivity contribution is -0.384. The fraction of sp³-hybridized carbons (Fsp3) is 0.300. The molecule has 0 aliphatic heterocycles. The maximum Gasteiger partial charge on any atom is 0.471 e. The lowest BCUT2D eigenvalue weighted by Crippen LogP contribution is -2.37. The lowest BCUT2D eigenvalue weighted by Gasteiger charge is -2.07. The molecule has 0 heterocycles. The van der Waals surface area contributed by atoms with Gasteiger partial charge in [0, 0.05) is 18.7 Å². The topological polar surface area (TPSA) is 72.2 Å². The van der Waals surface area contributed by atoms with Gasteiger partial charge < -0.3 is 5.32 Å². The standard InChI is InChI=1S/C10H9F3N2O3/c11-10(12,13)9(16)14-5-4-7-2-1-3-8(6-7)15(17)18/h1-3,6H,4-5H2,(H,14,16). The summed E-state index contributed by atoms with van der Waals surface area (Å²) in [5.41, 5.74) is 0.335. The molecule has 8 heteroatoms. The SMILES string of the molecule is O=C(NCCc1cccc([N+](=O)[O-])c1)C(F)(F)F. The zero-order valence-corrected chi connectivity index (χ0v) is 9.03.